The molecule has 0 saturated carbocycles. The largest absolute Gasteiger partial charge is 0.348 e. The first-order valence-electron chi connectivity index (χ1n) is 11.6. The fourth-order valence-electron chi connectivity index (χ4n) is 5.04. The van der Waals surface area contributed by atoms with Gasteiger partial charge in [0.15, 0.2) is 0 Å². The number of likely N-dealkylation sites (tertiary alicyclic amines) is 1. The van der Waals surface area contributed by atoms with E-state index in [0.29, 0.717) is 5.41 Å². The highest BCUT2D eigenvalue weighted by atomic mass is 19.1. The van der Waals surface area contributed by atoms with Crippen molar-refractivity contribution in [2.75, 3.05) is 19.6 Å². The van der Waals surface area contributed by atoms with Gasteiger partial charge in [-0.05, 0) is 92.8 Å². The molecular formula is C25H42FN3O2. The summed E-state index contributed by atoms with van der Waals surface area (Å²) in [6, 6.07) is 4.28. The Balaban J connectivity index is 0.00000272. The number of carbonyl (C=O) groups excluding carboxylic acids is 2. The molecule has 1 spiro atoms. The van der Waals surface area contributed by atoms with Crippen LogP contribution in [-0.2, 0) is 15.0 Å². The Hall–Kier alpha value is -1.95. The number of halogens is 1. The van der Waals surface area contributed by atoms with E-state index in [1.165, 1.54) is 19.4 Å². The molecule has 5 nitrogen and oxygen atoms in total. The zero-order chi connectivity index (χ0) is 22.8. The molecular weight excluding hydrogens is 393 g/mol. The van der Waals surface area contributed by atoms with Crippen LogP contribution in [-0.4, -0.2) is 42.4 Å². The van der Waals surface area contributed by atoms with Crippen LogP contribution in [0.4, 0.5) is 4.39 Å². The monoisotopic (exact) mass is 435 g/mol. The summed E-state index contributed by atoms with van der Waals surface area (Å²) >= 11 is 0. The number of nitrogens with zero attached hydrogens (tertiary/aromatic N) is 1. The van der Waals surface area contributed by atoms with Crippen LogP contribution < -0.4 is 10.6 Å². The molecule has 1 fully saturated rings. The van der Waals surface area contributed by atoms with Crippen molar-refractivity contribution in [3.63, 3.8) is 0 Å². The summed E-state index contributed by atoms with van der Waals surface area (Å²) in [5, 5.41) is 5.71. The van der Waals surface area contributed by atoms with Crippen LogP contribution in [0.2, 0.25) is 0 Å². The minimum atomic E-state index is -0.594. The quantitative estimate of drug-likeness (QED) is 0.713. The van der Waals surface area contributed by atoms with Gasteiger partial charge in [0.05, 0.1) is 6.04 Å². The van der Waals surface area contributed by atoms with Crippen molar-refractivity contribution in [2.24, 2.45) is 5.41 Å². The molecule has 6 heteroatoms. The predicted molar refractivity (Wildman–Crippen MR) is 125 cm³/mol. The van der Waals surface area contributed by atoms with Crippen LogP contribution in [0.3, 0.4) is 0 Å². The first-order chi connectivity index (χ1) is 14.5. The van der Waals surface area contributed by atoms with Gasteiger partial charge in [-0.25, -0.2) is 4.39 Å². The minimum Gasteiger partial charge on any atom is -0.348 e. The Morgan fingerprint density at radius 1 is 1.26 bits per heavy atom. The molecule has 31 heavy (non-hydrogen) atoms. The topological polar surface area (TPSA) is 61.4 Å². The molecule has 2 N–H and O–H groups in total. The van der Waals surface area contributed by atoms with Crippen molar-refractivity contribution in [1.82, 2.24) is 15.5 Å². The van der Waals surface area contributed by atoms with Gasteiger partial charge in [-0.3, -0.25) is 9.59 Å². The molecule has 1 heterocycles. The van der Waals surface area contributed by atoms with Gasteiger partial charge in [-0.2, -0.15) is 0 Å². The molecule has 1 aliphatic heterocycles. The Labute approximate surface area is 189 Å². The first-order valence-corrected chi connectivity index (χ1v) is 11.6. The van der Waals surface area contributed by atoms with E-state index in [-0.39, 0.29) is 31.9 Å². The standard InChI is InChI=1S/C25H38FN3O2.2H2/c1-17(27-18(2)30)23(31)28-22-8-9-25(21-16-19(26)6-7-20(21)22)11-14-29(15-12-25)13-10-24(3,4)5;;/h6-7,16-17,22H,8-15H2,1-5H3,(H,27,30)(H,28,31);2*1H/t17-,22-;;/m0../s1. The summed E-state index contributed by atoms with van der Waals surface area (Å²) in [5.41, 5.74) is 2.40. The van der Waals surface area contributed by atoms with Gasteiger partial charge in [0.1, 0.15) is 11.9 Å². The average molecular weight is 436 g/mol. The summed E-state index contributed by atoms with van der Waals surface area (Å²) in [6.07, 6.45) is 4.99. The third-order valence-electron chi connectivity index (χ3n) is 6.99. The van der Waals surface area contributed by atoms with E-state index in [4.69, 9.17) is 0 Å². The van der Waals surface area contributed by atoms with Crippen LogP contribution in [0, 0.1) is 11.2 Å². The molecule has 2 aliphatic rings. The van der Waals surface area contributed by atoms with Gasteiger partial charge >= 0.3 is 0 Å². The first kappa shape index (κ1) is 23.7. The lowest BCUT2D eigenvalue weighted by Crippen LogP contribution is -2.49. The summed E-state index contributed by atoms with van der Waals surface area (Å²) in [4.78, 5) is 26.4. The fraction of sp³-hybridized carbons (Fsp3) is 0.680. The molecule has 1 aliphatic carbocycles. The molecule has 1 saturated heterocycles. The Morgan fingerprint density at radius 2 is 1.94 bits per heavy atom. The number of nitrogens with one attached hydrogen (secondary N) is 2. The van der Waals surface area contributed by atoms with Gasteiger partial charge < -0.3 is 15.5 Å². The Bertz CT molecular complexity index is 820. The van der Waals surface area contributed by atoms with E-state index in [0.717, 1.165) is 56.4 Å². The fourth-order valence-corrected chi connectivity index (χ4v) is 5.04. The molecule has 2 amide bonds. The van der Waals surface area contributed by atoms with Crippen LogP contribution in [0.15, 0.2) is 18.2 Å². The molecule has 1 aromatic rings. The lowest BCUT2D eigenvalue weighted by Gasteiger charge is -2.47. The van der Waals surface area contributed by atoms with Gasteiger partial charge in [0.25, 0.3) is 0 Å². The number of benzene rings is 1. The smallest absolute Gasteiger partial charge is 0.242 e. The molecule has 0 unspecified atom stereocenters. The van der Waals surface area contributed by atoms with E-state index >= 15 is 0 Å². The predicted octanol–water partition coefficient (Wildman–Crippen LogP) is 4.56. The number of fused-ring (bicyclic) bond motifs is 2. The normalized spacial score (nSPS) is 21.9. The Kier molecular flexibility index (Phi) is 7.09. The molecule has 2 atom stereocenters. The minimum absolute atomic E-state index is 0. The van der Waals surface area contributed by atoms with Crippen molar-refractivity contribution >= 4 is 11.8 Å². The summed E-state index contributed by atoms with van der Waals surface area (Å²) in [6.45, 7) is 13.1. The number of amides is 2. The maximum absolute atomic E-state index is 14.3. The second-order valence-corrected chi connectivity index (χ2v) is 10.7. The second kappa shape index (κ2) is 9.27. The molecule has 3 rings (SSSR count). The molecule has 1 aromatic carbocycles. The number of piperidine rings is 1. The maximum atomic E-state index is 14.3. The van der Waals surface area contributed by atoms with Crippen LogP contribution >= 0.6 is 0 Å². The van der Waals surface area contributed by atoms with Gasteiger partial charge in [-0.15, -0.1) is 0 Å². The Morgan fingerprint density at radius 3 is 2.55 bits per heavy atom. The van der Waals surface area contributed by atoms with Crippen molar-refractivity contribution in [1.29, 1.82) is 0 Å². The van der Waals surface area contributed by atoms with Crippen molar-refractivity contribution in [3.8, 4) is 0 Å². The second-order valence-electron chi connectivity index (χ2n) is 10.7. The lowest BCUT2D eigenvalue weighted by atomic mass is 9.63. The summed E-state index contributed by atoms with van der Waals surface area (Å²) in [7, 11) is 0. The number of carbonyl (C=O) groups is 2. The van der Waals surface area contributed by atoms with Crippen LogP contribution in [0.25, 0.3) is 0 Å². The summed E-state index contributed by atoms with van der Waals surface area (Å²) < 4.78 is 14.3. The molecule has 0 radical (unpaired) electrons. The van der Waals surface area contributed by atoms with E-state index < -0.39 is 6.04 Å². The highest BCUT2D eigenvalue weighted by Gasteiger charge is 2.42. The van der Waals surface area contributed by atoms with E-state index in [9.17, 15) is 14.0 Å². The van der Waals surface area contributed by atoms with Crippen LogP contribution in [0.1, 0.15) is 86.7 Å². The number of rotatable bonds is 5. The van der Waals surface area contributed by atoms with Gasteiger partial charge in [0, 0.05) is 9.78 Å². The maximum Gasteiger partial charge on any atom is 0.242 e. The average Bonchev–Trinajstić information content (AvgIpc) is 2.69. The van der Waals surface area contributed by atoms with Gasteiger partial charge in [-0.1, -0.05) is 26.8 Å². The van der Waals surface area contributed by atoms with E-state index in [1.807, 2.05) is 6.07 Å². The summed E-state index contributed by atoms with van der Waals surface area (Å²) in [5.74, 6) is -0.652. The molecule has 0 bridgehead atoms. The van der Waals surface area contributed by atoms with E-state index in [2.05, 4.69) is 36.3 Å². The van der Waals surface area contributed by atoms with Gasteiger partial charge in [0.2, 0.25) is 11.8 Å². The van der Waals surface area contributed by atoms with E-state index in [1.54, 1.807) is 13.0 Å². The SMILES string of the molecule is CC(=O)N[C@@H](C)C(=O)N[C@H]1CCC2(CCN(CCC(C)(C)C)CC2)c2cc(F)ccc21.[HH].[HH]. The third-order valence-corrected chi connectivity index (χ3v) is 6.99. The highest BCUT2D eigenvalue weighted by molar-refractivity contribution is 5.86. The third kappa shape index (κ3) is 5.85. The van der Waals surface area contributed by atoms with Crippen molar-refractivity contribution < 1.29 is 16.8 Å². The van der Waals surface area contributed by atoms with Crippen molar-refractivity contribution in [2.45, 2.75) is 84.2 Å². The van der Waals surface area contributed by atoms with Crippen molar-refractivity contribution in [3.05, 3.63) is 35.1 Å². The molecule has 176 valence electrons. The lowest BCUT2D eigenvalue weighted by molar-refractivity contribution is -0.128. The molecule has 0 aromatic heterocycles. The highest BCUT2D eigenvalue weighted by Crippen LogP contribution is 2.48. The van der Waals surface area contributed by atoms with Crippen LogP contribution in [0.5, 0.6) is 0 Å². The zero-order valence-corrected chi connectivity index (χ0v) is 19.7. The zero-order valence-electron chi connectivity index (χ0n) is 19.7. The number of hydrogen-bond acceptors (Lipinski definition) is 3. The number of hydrogen-bond donors (Lipinski definition) is 2.